The Morgan fingerprint density at radius 2 is 1.92 bits per heavy atom. The van der Waals surface area contributed by atoms with Gasteiger partial charge in [-0.3, -0.25) is 9.69 Å². The second-order valence-corrected chi connectivity index (χ2v) is 10.6. The van der Waals surface area contributed by atoms with E-state index in [0.29, 0.717) is 42.5 Å². The van der Waals surface area contributed by atoms with Crippen molar-refractivity contribution in [3.05, 3.63) is 59.2 Å². The molecule has 202 valence electrons. The smallest absolute Gasteiger partial charge is 0.239 e. The Morgan fingerprint density at radius 1 is 1.13 bits per heavy atom. The Bertz CT molecular complexity index is 1600. The number of nitrogens with zero attached hydrogens (tertiary/aromatic N) is 7. The fourth-order valence-corrected chi connectivity index (χ4v) is 5.10. The van der Waals surface area contributed by atoms with Gasteiger partial charge in [-0.1, -0.05) is 6.07 Å². The van der Waals surface area contributed by atoms with Crippen LogP contribution < -0.4 is 5.32 Å². The molecule has 0 bridgehead atoms. The minimum atomic E-state index is -0.649. The normalized spacial score (nSPS) is 16.0. The molecule has 11 heteroatoms. The SMILES string of the molecule is Cc1nc2c(F)cc(-c3nc(Nc4ccc5c(n4)CCN(C(=O)[C@H](C)N(C)C)C5)ncc3F)cc2n1C1CC1. The number of pyridine rings is 1. The second kappa shape index (κ2) is 9.64. The average molecular weight is 533 g/mol. The lowest BCUT2D eigenvalue weighted by molar-refractivity contribution is -0.136. The highest BCUT2D eigenvalue weighted by Gasteiger charge is 2.29. The first-order chi connectivity index (χ1) is 18.7. The number of likely N-dealkylation sites (N-methyl/N-ethyl adjacent to an activating group) is 1. The van der Waals surface area contributed by atoms with E-state index in [4.69, 9.17) is 4.98 Å². The molecule has 1 amide bonds. The van der Waals surface area contributed by atoms with E-state index in [1.807, 2.05) is 48.4 Å². The van der Waals surface area contributed by atoms with E-state index in [1.165, 1.54) is 6.07 Å². The van der Waals surface area contributed by atoms with E-state index in [9.17, 15) is 9.18 Å². The minimum absolute atomic E-state index is 0.00312. The van der Waals surface area contributed by atoms with Crippen LogP contribution in [0.15, 0.2) is 30.5 Å². The van der Waals surface area contributed by atoms with Gasteiger partial charge in [0.15, 0.2) is 11.6 Å². The van der Waals surface area contributed by atoms with Crippen molar-refractivity contribution in [1.29, 1.82) is 0 Å². The molecule has 0 spiro atoms. The predicted octanol–water partition coefficient (Wildman–Crippen LogP) is 4.39. The van der Waals surface area contributed by atoms with Crippen molar-refractivity contribution in [2.45, 2.75) is 51.7 Å². The number of aromatic nitrogens is 5. The molecule has 9 nitrogen and oxygen atoms in total. The third kappa shape index (κ3) is 4.71. The molecule has 3 aromatic heterocycles. The number of nitrogens with one attached hydrogen (secondary N) is 1. The van der Waals surface area contributed by atoms with Crippen LogP contribution in [-0.2, 0) is 17.8 Å². The maximum absolute atomic E-state index is 15.0. The molecule has 2 aliphatic rings. The summed E-state index contributed by atoms with van der Waals surface area (Å²) in [5.41, 5.74) is 3.11. The molecule has 1 atom stereocenters. The molecule has 1 N–H and O–H groups in total. The highest BCUT2D eigenvalue weighted by Crippen LogP contribution is 2.40. The number of amides is 1. The first kappa shape index (κ1) is 25.3. The van der Waals surface area contributed by atoms with Gasteiger partial charge in [0, 0.05) is 36.8 Å². The van der Waals surface area contributed by atoms with Crippen LogP contribution in [0, 0.1) is 18.6 Å². The van der Waals surface area contributed by atoms with E-state index in [0.717, 1.165) is 36.1 Å². The Morgan fingerprint density at radius 3 is 2.67 bits per heavy atom. The molecular weight excluding hydrogens is 502 g/mol. The summed E-state index contributed by atoms with van der Waals surface area (Å²) >= 11 is 0. The number of benzene rings is 1. The Kier molecular flexibility index (Phi) is 6.25. The highest BCUT2D eigenvalue weighted by atomic mass is 19.1. The lowest BCUT2D eigenvalue weighted by atomic mass is 10.0. The molecule has 1 aliphatic heterocycles. The monoisotopic (exact) mass is 532 g/mol. The van der Waals surface area contributed by atoms with Gasteiger partial charge in [0.1, 0.15) is 22.9 Å². The largest absolute Gasteiger partial charge is 0.337 e. The van der Waals surface area contributed by atoms with Crippen LogP contribution in [0.2, 0.25) is 0 Å². The number of carbonyl (C=O) groups is 1. The summed E-state index contributed by atoms with van der Waals surface area (Å²) in [6.45, 7) is 4.84. The van der Waals surface area contributed by atoms with Gasteiger partial charge in [0.05, 0.1) is 17.8 Å². The molecule has 6 rings (SSSR count). The number of rotatable bonds is 6. The number of hydrogen-bond donors (Lipinski definition) is 1. The molecule has 0 unspecified atom stereocenters. The van der Waals surface area contributed by atoms with Gasteiger partial charge >= 0.3 is 0 Å². The molecule has 0 saturated heterocycles. The Hall–Kier alpha value is -3.99. The zero-order chi connectivity index (χ0) is 27.4. The van der Waals surface area contributed by atoms with Crippen LogP contribution in [0.25, 0.3) is 22.3 Å². The molecule has 4 aromatic rings. The molecular formula is C28H30F2N8O. The zero-order valence-electron chi connectivity index (χ0n) is 22.4. The lowest BCUT2D eigenvalue weighted by Crippen LogP contribution is -2.46. The van der Waals surface area contributed by atoms with Gasteiger partial charge in [-0.25, -0.2) is 28.7 Å². The third-order valence-electron chi connectivity index (χ3n) is 7.59. The standard InChI is InChI=1S/C28H30F2N8O/c1-15(36(3)4)27(39)37-10-9-22-17(14-37)5-8-24(33-22)34-28-31-13-21(30)25(35-28)18-11-20(29)26-23(12-18)38(16(2)32-26)19-6-7-19/h5,8,11-13,15,19H,6-7,9-10,14H2,1-4H3,(H,31,33,34,35)/t15-/m0/s1. The summed E-state index contributed by atoms with van der Waals surface area (Å²) in [5.74, 6) is 0.331. The van der Waals surface area contributed by atoms with Gasteiger partial charge in [-0.05, 0) is 64.5 Å². The van der Waals surface area contributed by atoms with Gasteiger partial charge in [-0.2, -0.15) is 0 Å². The Labute approximate surface area is 224 Å². The topological polar surface area (TPSA) is 92.1 Å². The fraction of sp³-hybridized carbons (Fsp3) is 0.393. The first-order valence-corrected chi connectivity index (χ1v) is 13.1. The number of fused-ring (bicyclic) bond motifs is 2. The van der Waals surface area contributed by atoms with E-state index in [-0.39, 0.29) is 29.1 Å². The number of hydrogen-bond acceptors (Lipinski definition) is 7. The van der Waals surface area contributed by atoms with Crippen LogP contribution in [-0.4, -0.2) is 66.9 Å². The van der Waals surface area contributed by atoms with Crippen LogP contribution in [0.5, 0.6) is 0 Å². The van der Waals surface area contributed by atoms with E-state index >= 15 is 4.39 Å². The maximum atomic E-state index is 15.0. The quantitative estimate of drug-likeness (QED) is 0.394. The van der Waals surface area contributed by atoms with Crippen molar-refractivity contribution >= 4 is 28.7 Å². The summed E-state index contributed by atoms with van der Waals surface area (Å²) in [6, 6.07) is 6.83. The van der Waals surface area contributed by atoms with Gasteiger partial charge in [-0.15, -0.1) is 0 Å². The van der Waals surface area contributed by atoms with Crippen molar-refractivity contribution < 1.29 is 13.6 Å². The number of halogens is 2. The molecule has 39 heavy (non-hydrogen) atoms. The highest BCUT2D eigenvalue weighted by molar-refractivity contribution is 5.83. The van der Waals surface area contributed by atoms with Crippen molar-refractivity contribution in [2.75, 3.05) is 26.0 Å². The summed E-state index contributed by atoms with van der Waals surface area (Å²) in [6.07, 6.45) is 3.74. The van der Waals surface area contributed by atoms with Crippen molar-refractivity contribution in [2.24, 2.45) is 0 Å². The molecule has 1 aromatic carbocycles. The van der Waals surface area contributed by atoms with Crippen molar-refractivity contribution in [3.63, 3.8) is 0 Å². The van der Waals surface area contributed by atoms with Crippen molar-refractivity contribution in [1.82, 2.24) is 34.3 Å². The number of aryl methyl sites for hydroxylation is 1. The van der Waals surface area contributed by atoms with Crippen LogP contribution in [0.3, 0.4) is 0 Å². The van der Waals surface area contributed by atoms with Gasteiger partial charge in [0.25, 0.3) is 0 Å². The molecule has 4 heterocycles. The van der Waals surface area contributed by atoms with E-state index in [1.54, 1.807) is 12.1 Å². The second-order valence-electron chi connectivity index (χ2n) is 10.6. The van der Waals surface area contributed by atoms with Crippen LogP contribution in [0.1, 0.15) is 42.9 Å². The fourth-order valence-electron chi connectivity index (χ4n) is 5.10. The zero-order valence-corrected chi connectivity index (χ0v) is 22.4. The molecule has 0 radical (unpaired) electrons. The Balaban J connectivity index is 1.25. The number of imidazole rings is 1. The molecule has 1 fully saturated rings. The van der Waals surface area contributed by atoms with Gasteiger partial charge < -0.3 is 14.8 Å². The minimum Gasteiger partial charge on any atom is -0.337 e. The lowest BCUT2D eigenvalue weighted by Gasteiger charge is -2.32. The summed E-state index contributed by atoms with van der Waals surface area (Å²) in [5, 5.41) is 3.06. The van der Waals surface area contributed by atoms with Gasteiger partial charge in [0.2, 0.25) is 11.9 Å². The average Bonchev–Trinajstić information content (AvgIpc) is 3.69. The van der Waals surface area contributed by atoms with Crippen LogP contribution in [0.4, 0.5) is 20.5 Å². The molecule has 1 saturated carbocycles. The summed E-state index contributed by atoms with van der Waals surface area (Å²) < 4.78 is 31.9. The molecule has 1 aliphatic carbocycles. The summed E-state index contributed by atoms with van der Waals surface area (Å²) in [4.78, 5) is 34.0. The first-order valence-electron chi connectivity index (χ1n) is 13.1. The van der Waals surface area contributed by atoms with E-state index in [2.05, 4.69) is 20.3 Å². The maximum Gasteiger partial charge on any atom is 0.239 e. The third-order valence-corrected chi connectivity index (χ3v) is 7.59. The van der Waals surface area contributed by atoms with Crippen molar-refractivity contribution in [3.8, 4) is 11.3 Å². The predicted molar refractivity (Wildman–Crippen MR) is 143 cm³/mol. The van der Waals surface area contributed by atoms with E-state index < -0.39 is 11.6 Å². The summed E-state index contributed by atoms with van der Waals surface area (Å²) in [7, 11) is 3.78. The van der Waals surface area contributed by atoms with Crippen LogP contribution >= 0.6 is 0 Å². The number of carbonyl (C=O) groups excluding carboxylic acids is 1. The number of anilines is 2.